The smallest absolute Gasteiger partial charge is 0.0406 e. The molecule has 0 fully saturated rings. The molecular formula is C16H27ClN2. The fourth-order valence-corrected chi connectivity index (χ4v) is 2.40. The lowest BCUT2D eigenvalue weighted by Gasteiger charge is -2.27. The molecule has 0 heterocycles. The summed E-state index contributed by atoms with van der Waals surface area (Å²) in [6, 6.07) is 8.47. The zero-order chi connectivity index (χ0) is 14.4. The summed E-state index contributed by atoms with van der Waals surface area (Å²) < 4.78 is 0. The zero-order valence-corrected chi connectivity index (χ0v) is 13.2. The highest BCUT2D eigenvalue weighted by Crippen LogP contribution is 2.24. The van der Waals surface area contributed by atoms with Crippen molar-refractivity contribution in [1.29, 1.82) is 0 Å². The van der Waals surface area contributed by atoms with Crippen LogP contribution in [-0.2, 0) is 0 Å². The second-order valence-corrected chi connectivity index (χ2v) is 6.36. The van der Waals surface area contributed by atoms with E-state index in [-0.39, 0.29) is 0 Å². The van der Waals surface area contributed by atoms with Crippen LogP contribution in [0.4, 0.5) is 0 Å². The van der Waals surface area contributed by atoms with Gasteiger partial charge in [-0.15, -0.1) is 0 Å². The van der Waals surface area contributed by atoms with Crippen LogP contribution in [0.5, 0.6) is 0 Å². The van der Waals surface area contributed by atoms with Gasteiger partial charge in [0.2, 0.25) is 0 Å². The van der Waals surface area contributed by atoms with E-state index >= 15 is 0 Å². The maximum atomic E-state index is 5.95. The molecule has 0 saturated heterocycles. The lowest BCUT2D eigenvalue weighted by molar-refractivity contribution is 0.322. The van der Waals surface area contributed by atoms with Crippen LogP contribution in [0.15, 0.2) is 24.3 Å². The van der Waals surface area contributed by atoms with E-state index in [0.29, 0.717) is 23.8 Å². The van der Waals surface area contributed by atoms with Crippen LogP contribution >= 0.6 is 11.6 Å². The van der Waals surface area contributed by atoms with Gasteiger partial charge in [0.1, 0.15) is 0 Å². The average molecular weight is 283 g/mol. The number of nitrogens with one attached hydrogen (secondary N) is 1. The van der Waals surface area contributed by atoms with Crippen molar-refractivity contribution in [1.82, 2.24) is 5.32 Å². The van der Waals surface area contributed by atoms with E-state index in [1.165, 1.54) is 5.56 Å². The summed E-state index contributed by atoms with van der Waals surface area (Å²) in [6.45, 7) is 10.6. The van der Waals surface area contributed by atoms with E-state index in [1.54, 1.807) is 0 Å². The number of nitrogens with two attached hydrogens (primary N) is 1. The molecule has 0 spiro atoms. The highest BCUT2D eigenvalue weighted by molar-refractivity contribution is 6.30. The largest absolute Gasteiger partial charge is 0.330 e. The Bertz CT molecular complexity index is 360. The van der Waals surface area contributed by atoms with Gasteiger partial charge in [0, 0.05) is 11.1 Å². The van der Waals surface area contributed by atoms with Crippen LogP contribution in [0.3, 0.4) is 0 Å². The maximum Gasteiger partial charge on any atom is 0.0406 e. The standard InChI is InChI=1S/C16H27ClN2/c1-11(2)14(9-18)10-19-16(12(3)4)13-5-7-15(17)8-6-13/h5-8,11-12,14,16,19H,9-10,18H2,1-4H3. The summed E-state index contributed by atoms with van der Waals surface area (Å²) >= 11 is 5.95. The minimum atomic E-state index is 0.352. The molecule has 1 aromatic rings. The minimum absolute atomic E-state index is 0.352. The first-order valence-electron chi connectivity index (χ1n) is 7.14. The van der Waals surface area contributed by atoms with Gasteiger partial charge in [-0.1, -0.05) is 51.4 Å². The topological polar surface area (TPSA) is 38.0 Å². The molecule has 0 aliphatic carbocycles. The van der Waals surface area contributed by atoms with Crippen molar-refractivity contribution >= 4 is 11.6 Å². The first-order valence-corrected chi connectivity index (χ1v) is 7.52. The molecule has 1 aromatic carbocycles. The van der Waals surface area contributed by atoms with E-state index in [1.807, 2.05) is 12.1 Å². The summed E-state index contributed by atoms with van der Waals surface area (Å²) in [6.07, 6.45) is 0. The lowest BCUT2D eigenvalue weighted by Crippen LogP contribution is -2.35. The van der Waals surface area contributed by atoms with Crippen LogP contribution in [0.25, 0.3) is 0 Å². The Morgan fingerprint density at radius 1 is 1.05 bits per heavy atom. The van der Waals surface area contributed by atoms with E-state index in [2.05, 4.69) is 45.1 Å². The molecule has 0 aromatic heterocycles. The predicted molar refractivity (Wildman–Crippen MR) is 84.4 cm³/mol. The highest BCUT2D eigenvalue weighted by Gasteiger charge is 2.18. The molecule has 0 aliphatic heterocycles. The van der Waals surface area contributed by atoms with Crippen molar-refractivity contribution < 1.29 is 0 Å². The second kappa shape index (κ2) is 7.88. The van der Waals surface area contributed by atoms with Gasteiger partial charge in [0.25, 0.3) is 0 Å². The van der Waals surface area contributed by atoms with Gasteiger partial charge in [-0.05, 0) is 48.5 Å². The highest BCUT2D eigenvalue weighted by atomic mass is 35.5. The Morgan fingerprint density at radius 3 is 2.05 bits per heavy atom. The fourth-order valence-electron chi connectivity index (χ4n) is 2.28. The van der Waals surface area contributed by atoms with Crippen molar-refractivity contribution in [2.24, 2.45) is 23.5 Å². The molecule has 3 N–H and O–H groups in total. The summed E-state index contributed by atoms with van der Waals surface area (Å²) in [4.78, 5) is 0. The van der Waals surface area contributed by atoms with Crippen LogP contribution in [0.2, 0.25) is 5.02 Å². The fraction of sp³-hybridized carbons (Fsp3) is 0.625. The van der Waals surface area contributed by atoms with Crippen LogP contribution < -0.4 is 11.1 Å². The van der Waals surface area contributed by atoms with Gasteiger partial charge >= 0.3 is 0 Å². The Hall–Kier alpha value is -0.570. The molecule has 0 saturated carbocycles. The molecular weight excluding hydrogens is 256 g/mol. The van der Waals surface area contributed by atoms with E-state index in [0.717, 1.165) is 18.1 Å². The van der Waals surface area contributed by atoms with Gasteiger partial charge in [-0.2, -0.15) is 0 Å². The average Bonchev–Trinajstić information content (AvgIpc) is 2.35. The van der Waals surface area contributed by atoms with Gasteiger partial charge in [-0.3, -0.25) is 0 Å². The number of rotatable bonds is 7. The van der Waals surface area contributed by atoms with Crippen molar-refractivity contribution in [3.8, 4) is 0 Å². The first kappa shape index (κ1) is 16.5. The molecule has 0 bridgehead atoms. The van der Waals surface area contributed by atoms with Crippen molar-refractivity contribution in [2.45, 2.75) is 33.7 Å². The summed E-state index contributed by atoms with van der Waals surface area (Å²) in [7, 11) is 0. The number of hydrogen-bond acceptors (Lipinski definition) is 2. The molecule has 108 valence electrons. The third kappa shape index (κ3) is 5.13. The lowest BCUT2D eigenvalue weighted by atomic mass is 9.92. The third-order valence-electron chi connectivity index (χ3n) is 3.74. The van der Waals surface area contributed by atoms with Crippen molar-refractivity contribution in [3.05, 3.63) is 34.9 Å². The quantitative estimate of drug-likeness (QED) is 0.797. The van der Waals surface area contributed by atoms with Crippen molar-refractivity contribution in [3.63, 3.8) is 0 Å². The SMILES string of the molecule is CC(C)C(CN)CNC(c1ccc(Cl)cc1)C(C)C. The Balaban J connectivity index is 2.71. The van der Waals surface area contributed by atoms with Gasteiger partial charge in [0.05, 0.1) is 0 Å². The molecule has 1 rings (SSSR count). The van der Waals surface area contributed by atoms with Gasteiger partial charge in [-0.25, -0.2) is 0 Å². The first-order chi connectivity index (χ1) is 8.95. The van der Waals surface area contributed by atoms with Crippen LogP contribution in [0.1, 0.15) is 39.3 Å². The number of hydrogen-bond donors (Lipinski definition) is 2. The molecule has 2 atom stereocenters. The van der Waals surface area contributed by atoms with Crippen LogP contribution in [0, 0.1) is 17.8 Å². The van der Waals surface area contributed by atoms with Crippen LogP contribution in [-0.4, -0.2) is 13.1 Å². The molecule has 19 heavy (non-hydrogen) atoms. The van der Waals surface area contributed by atoms with Gasteiger partial charge < -0.3 is 11.1 Å². The van der Waals surface area contributed by atoms with E-state index in [4.69, 9.17) is 17.3 Å². The Labute approximate surface area is 122 Å². The third-order valence-corrected chi connectivity index (χ3v) is 3.99. The molecule has 2 nitrogen and oxygen atoms in total. The monoisotopic (exact) mass is 282 g/mol. The molecule has 0 radical (unpaired) electrons. The molecule has 2 unspecified atom stereocenters. The predicted octanol–water partition coefficient (Wildman–Crippen LogP) is 3.86. The summed E-state index contributed by atoms with van der Waals surface area (Å²) in [5.74, 6) is 1.66. The number of halogens is 1. The zero-order valence-electron chi connectivity index (χ0n) is 12.5. The maximum absolute atomic E-state index is 5.95. The second-order valence-electron chi connectivity index (χ2n) is 5.92. The Kier molecular flexibility index (Phi) is 6.84. The van der Waals surface area contributed by atoms with Gasteiger partial charge in [0.15, 0.2) is 0 Å². The molecule has 0 amide bonds. The summed E-state index contributed by atoms with van der Waals surface area (Å²) in [5, 5.41) is 4.45. The molecule has 0 aliphatic rings. The normalized spacial score (nSPS) is 14.9. The summed E-state index contributed by atoms with van der Waals surface area (Å²) in [5.41, 5.74) is 7.13. The van der Waals surface area contributed by atoms with E-state index in [9.17, 15) is 0 Å². The number of benzene rings is 1. The molecule has 3 heteroatoms. The van der Waals surface area contributed by atoms with Crippen molar-refractivity contribution in [2.75, 3.05) is 13.1 Å². The minimum Gasteiger partial charge on any atom is -0.330 e. The van der Waals surface area contributed by atoms with E-state index < -0.39 is 0 Å². The Morgan fingerprint density at radius 2 is 1.63 bits per heavy atom.